The van der Waals surface area contributed by atoms with Crippen LogP contribution in [0.2, 0.25) is 0 Å². The third kappa shape index (κ3) is 4.97. The summed E-state index contributed by atoms with van der Waals surface area (Å²) in [5.74, 6) is -0.577. The van der Waals surface area contributed by atoms with E-state index in [2.05, 4.69) is 5.32 Å². The molecule has 148 valence electrons. The Morgan fingerprint density at radius 1 is 1.08 bits per heavy atom. The number of Topliss-reactive ketones (excluding diaryl/α,β-unsaturated/α-hetero) is 2. The Labute approximate surface area is 167 Å². The highest BCUT2D eigenvalue weighted by molar-refractivity contribution is 7.59. The molecule has 1 fully saturated rings. The van der Waals surface area contributed by atoms with Crippen LogP contribution in [0.5, 0.6) is 0 Å². The monoisotopic (exact) mass is 404 g/mol. The van der Waals surface area contributed by atoms with Gasteiger partial charge in [-0.15, -0.1) is 0 Å². The highest BCUT2D eigenvalue weighted by atomic mass is 35.5. The number of piperazine rings is 1. The number of nitrogens with zero attached hydrogens (tertiary/aromatic N) is 1. The summed E-state index contributed by atoms with van der Waals surface area (Å²) in [5.41, 5.74) is 0.256. The summed E-state index contributed by atoms with van der Waals surface area (Å²) < 4.78 is 0. The Morgan fingerprint density at radius 2 is 1.58 bits per heavy atom. The van der Waals surface area contributed by atoms with Crippen LogP contribution in [0.25, 0.3) is 0 Å². The first-order chi connectivity index (χ1) is 11.2. The summed E-state index contributed by atoms with van der Waals surface area (Å²) in [6, 6.07) is 0. The minimum absolute atomic E-state index is 0. The first-order valence-corrected chi connectivity index (χ1v) is 8.47. The lowest BCUT2D eigenvalue weighted by atomic mass is 9.82. The number of carbonyl (C=O) groups is 3. The van der Waals surface area contributed by atoms with Gasteiger partial charge in [0.15, 0.2) is 11.6 Å². The fourth-order valence-electron chi connectivity index (χ4n) is 3.23. The molecule has 1 aliphatic carbocycles. The molecule has 1 aliphatic heterocycles. The van der Waals surface area contributed by atoms with Gasteiger partial charge >= 0.3 is 0 Å². The summed E-state index contributed by atoms with van der Waals surface area (Å²) >= 11 is 0. The molecule has 0 radical (unpaired) electrons. The quantitative estimate of drug-likeness (QED) is 0.484. The topological polar surface area (TPSA) is 91.3 Å². The molecule has 1 heterocycles. The normalized spacial score (nSPS) is 20.4. The number of allylic oxidation sites excluding steroid dienone is 4. The summed E-state index contributed by atoms with van der Waals surface area (Å²) in [5, 5.41) is 12.7. The van der Waals surface area contributed by atoms with E-state index in [9.17, 15) is 19.5 Å². The van der Waals surface area contributed by atoms with Crippen LogP contribution in [0.3, 0.4) is 0 Å². The fraction of sp³-hybridized carbons (Fsp3) is 0.611. The van der Waals surface area contributed by atoms with Gasteiger partial charge in [-0.2, -0.15) is 13.5 Å². The zero-order valence-corrected chi connectivity index (χ0v) is 17.6. The van der Waals surface area contributed by atoms with Crippen molar-refractivity contribution in [1.82, 2.24) is 4.90 Å². The van der Waals surface area contributed by atoms with E-state index in [0.717, 1.165) is 13.1 Å². The van der Waals surface area contributed by atoms with Crippen LogP contribution in [0, 0.1) is 0 Å². The molecule has 2 aliphatic rings. The maximum Gasteiger partial charge on any atom is 0.254 e. The third-order valence-corrected chi connectivity index (χ3v) is 5.13. The van der Waals surface area contributed by atoms with Crippen molar-refractivity contribution in [2.75, 3.05) is 26.2 Å². The first-order valence-electron chi connectivity index (χ1n) is 8.47. The van der Waals surface area contributed by atoms with Crippen LogP contribution in [0.1, 0.15) is 40.5 Å². The van der Waals surface area contributed by atoms with Crippen molar-refractivity contribution in [3.05, 3.63) is 22.3 Å². The van der Waals surface area contributed by atoms with Crippen LogP contribution in [-0.4, -0.2) is 59.3 Å². The average molecular weight is 405 g/mol. The van der Waals surface area contributed by atoms with E-state index < -0.39 is 5.60 Å². The van der Waals surface area contributed by atoms with Crippen LogP contribution >= 0.6 is 13.5 Å². The van der Waals surface area contributed by atoms with E-state index in [4.69, 9.17) is 0 Å². The van der Waals surface area contributed by atoms with E-state index in [-0.39, 0.29) is 56.2 Å². The zero-order chi connectivity index (χ0) is 18.1. The average Bonchev–Trinajstić information content (AvgIpc) is 2.58. The Balaban J connectivity index is 0.00000312. The van der Waals surface area contributed by atoms with Crippen LogP contribution in [0.4, 0.5) is 0 Å². The van der Waals surface area contributed by atoms with Crippen molar-refractivity contribution >= 4 is 31.0 Å². The summed E-state index contributed by atoms with van der Waals surface area (Å²) in [4.78, 5) is 38.8. The molecule has 8 heteroatoms. The predicted octanol–water partition coefficient (Wildman–Crippen LogP) is -3.16. The lowest BCUT2D eigenvalue weighted by Crippen LogP contribution is -3.00. The minimum atomic E-state index is -1.53. The van der Waals surface area contributed by atoms with Crippen molar-refractivity contribution in [1.29, 1.82) is 0 Å². The number of amides is 1. The molecule has 0 aromatic rings. The van der Waals surface area contributed by atoms with E-state index in [1.807, 2.05) is 0 Å². The van der Waals surface area contributed by atoms with E-state index in [1.165, 1.54) is 6.92 Å². The second-order valence-corrected chi connectivity index (χ2v) is 6.94. The van der Waals surface area contributed by atoms with E-state index in [1.54, 1.807) is 25.7 Å². The smallest absolute Gasteiger partial charge is 0.254 e. The minimum Gasteiger partial charge on any atom is -1.00 e. The van der Waals surface area contributed by atoms with Crippen molar-refractivity contribution in [3.8, 4) is 0 Å². The number of quaternary nitrogens is 1. The highest BCUT2D eigenvalue weighted by Gasteiger charge is 2.37. The fourth-order valence-corrected chi connectivity index (χ4v) is 3.23. The highest BCUT2D eigenvalue weighted by Crippen LogP contribution is 2.29. The van der Waals surface area contributed by atoms with Gasteiger partial charge in [0.1, 0.15) is 5.60 Å². The number of hydrogen-bond acceptors (Lipinski definition) is 4. The lowest BCUT2D eigenvalue weighted by Gasteiger charge is -2.32. The van der Waals surface area contributed by atoms with Crippen LogP contribution < -0.4 is 17.7 Å². The molecule has 1 atom stereocenters. The van der Waals surface area contributed by atoms with Crippen LogP contribution in [-0.2, 0) is 14.4 Å². The molecule has 1 amide bonds. The van der Waals surface area contributed by atoms with Gasteiger partial charge in [-0.25, -0.2) is 0 Å². The number of nitrogens with two attached hydrogens (primary N) is 1. The molecule has 0 aromatic carbocycles. The number of rotatable bonds is 4. The Bertz CT molecular complexity index is 650. The van der Waals surface area contributed by atoms with Crippen molar-refractivity contribution in [3.63, 3.8) is 0 Å². The number of ketones is 2. The molecular weight excluding hydrogens is 376 g/mol. The molecule has 3 N–H and O–H groups in total. The largest absolute Gasteiger partial charge is 1.00 e. The maximum absolute atomic E-state index is 12.5. The van der Waals surface area contributed by atoms with Crippen LogP contribution in [0.15, 0.2) is 22.3 Å². The van der Waals surface area contributed by atoms with Gasteiger partial charge < -0.3 is 27.7 Å². The van der Waals surface area contributed by atoms with Crippen molar-refractivity contribution < 1.29 is 37.2 Å². The third-order valence-electron chi connectivity index (χ3n) is 5.13. The number of halogens is 1. The Hall–Kier alpha value is -1.15. The molecular formula is C18H29ClN2O4S. The van der Waals surface area contributed by atoms with Gasteiger partial charge in [0.25, 0.3) is 5.91 Å². The maximum atomic E-state index is 12.5. The molecule has 0 aromatic heterocycles. The van der Waals surface area contributed by atoms with Gasteiger partial charge in [0.05, 0.1) is 26.2 Å². The van der Waals surface area contributed by atoms with Gasteiger partial charge in [-0.1, -0.05) is 0 Å². The summed E-state index contributed by atoms with van der Waals surface area (Å²) in [7, 11) is 0. The number of carbonyl (C=O) groups excluding carboxylic acids is 3. The second kappa shape index (κ2) is 9.69. The predicted molar refractivity (Wildman–Crippen MR) is 99.6 cm³/mol. The first kappa shape index (κ1) is 24.8. The molecule has 6 nitrogen and oxygen atoms in total. The second-order valence-electron chi connectivity index (χ2n) is 6.94. The van der Waals surface area contributed by atoms with E-state index in [0.29, 0.717) is 35.4 Å². The molecule has 2 rings (SSSR count). The molecule has 0 saturated carbocycles. The number of hydrogen-bond donors (Lipinski definition) is 2. The van der Waals surface area contributed by atoms with Gasteiger partial charge in [0.2, 0.25) is 0 Å². The molecule has 1 saturated heterocycles. The Morgan fingerprint density at radius 3 is 2.12 bits per heavy atom. The standard InChI is InChI=1S/C18H26N2O4.ClH.H2S/c1-11-12(2)16(22)14(13(3)15(11)21)5-6-18(4,24)17(23)20-9-7-19-8-10-20;;/h19,24H,5-10H2,1-4H3;1H;1H2/t18-;;/m0../s1. The number of aliphatic hydroxyl groups is 1. The van der Waals surface area contributed by atoms with Gasteiger partial charge in [-0.05, 0) is 40.5 Å². The summed E-state index contributed by atoms with van der Waals surface area (Å²) in [6.07, 6.45) is 0.351. The molecule has 0 spiro atoms. The van der Waals surface area contributed by atoms with Crippen molar-refractivity contribution in [2.45, 2.75) is 46.1 Å². The Kier molecular flexibility index (Phi) is 9.26. The SMILES string of the molecule is CC1=C(C)C(=O)C(CC[C@](C)(O)C(=O)N2CC[NH2+]CC2)=C(C)C1=O.S.[Cl-]. The molecule has 26 heavy (non-hydrogen) atoms. The molecule has 0 bridgehead atoms. The van der Waals surface area contributed by atoms with Gasteiger partial charge in [-0.3, -0.25) is 14.4 Å². The van der Waals surface area contributed by atoms with Gasteiger partial charge in [0, 0.05) is 22.3 Å². The zero-order valence-electron chi connectivity index (χ0n) is 15.8. The van der Waals surface area contributed by atoms with Crippen molar-refractivity contribution in [2.24, 2.45) is 0 Å². The molecule has 0 unspecified atom stereocenters. The van der Waals surface area contributed by atoms with E-state index >= 15 is 0 Å². The summed E-state index contributed by atoms with van der Waals surface area (Å²) in [6.45, 7) is 9.35. The lowest BCUT2D eigenvalue weighted by molar-refractivity contribution is -0.662.